The second kappa shape index (κ2) is 9.28. The van der Waals surface area contributed by atoms with E-state index in [4.69, 9.17) is 0 Å². The van der Waals surface area contributed by atoms with E-state index >= 15 is 0 Å². The third-order valence-corrected chi connectivity index (χ3v) is 18.0. The van der Waals surface area contributed by atoms with Crippen molar-refractivity contribution in [3.63, 3.8) is 0 Å². The Balaban J connectivity index is 1.42. The summed E-state index contributed by atoms with van der Waals surface area (Å²) in [5.74, 6) is 1.83. The second-order valence-electron chi connectivity index (χ2n) is 14.2. The fourth-order valence-corrected chi connectivity index (χ4v) is 16.2. The first-order valence-electron chi connectivity index (χ1n) is 15.5. The standard InChI is InChI=1S/C38H42OSi/c1-36(2,3)40(32-16-6-4-7-17-32,33-18-8-5-9-19-33)27-37-23-13-12-20-34(37)31-25-38(37,26-31)35(39)30-22-21-28-14-10-11-15-29(28)24-30/h4-11,14-19,21-22,24,31,34H,12-13,20,23,25-27H2,1-3H3/t31?,34-,37-,38?/m1/s1. The van der Waals surface area contributed by atoms with E-state index in [1.165, 1.54) is 52.9 Å². The van der Waals surface area contributed by atoms with Crippen LogP contribution in [-0.2, 0) is 0 Å². The van der Waals surface area contributed by atoms with Crippen LogP contribution in [0, 0.1) is 22.7 Å². The number of hydrogen-bond donors (Lipinski definition) is 0. The van der Waals surface area contributed by atoms with E-state index in [-0.39, 0.29) is 15.9 Å². The number of hydrogen-bond acceptors (Lipinski definition) is 1. The molecule has 0 N–H and O–H groups in total. The zero-order chi connectivity index (χ0) is 27.6. The van der Waals surface area contributed by atoms with Crippen molar-refractivity contribution in [2.24, 2.45) is 22.7 Å². The molecule has 0 aliphatic heterocycles. The van der Waals surface area contributed by atoms with Crippen LogP contribution >= 0.6 is 0 Å². The summed E-state index contributed by atoms with van der Waals surface area (Å²) in [6.07, 6.45) is 7.29. The van der Waals surface area contributed by atoms with Crippen LogP contribution in [0.1, 0.15) is 69.7 Å². The van der Waals surface area contributed by atoms with Crippen LogP contribution in [0.15, 0.2) is 103 Å². The molecule has 2 heteroatoms. The Bertz CT molecular complexity index is 1500. The first kappa shape index (κ1) is 26.0. The number of carbonyl (C=O) groups excluding carboxylic acids is 1. The van der Waals surface area contributed by atoms with Crippen molar-refractivity contribution < 1.29 is 4.79 Å². The molecule has 4 aliphatic rings. The SMILES string of the molecule is CC(C)(C)[Si](C[C@]12CCCC[C@@H]1C1CC2(C(=O)c2ccc3ccccc3c2)C1)(c1ccccc1)c1ccccc1. The fourth-order valence-electron chi connectivity index (χ4n) is 9.90. The number of carbonyl (C=O) groups is 1. The fraction of sp³-hybridized carbons (Fsp3) is 0.395. The van der Waals surface area contributed by atoms with Crippen molar-refractivity contribution in [3.8, 4) is 0 Å². The van der Waals surface area contributed by atoms with Gasteiger partial charge in [-0.1, -0.05) is 141 Å². The van der Waals surface area contributed by atoms with Crippen LogP contribution in [0.2, 0.25) is 11.1 Å². The summed E-state index contributed by atoms with van der Waals surface area (Å²) in [6, 6.07) is 39.1. The number of Topliss-reactive ketones (excluding diaryl/α,β-unsaturated/α-hetero) is 1. The van der Waals surface area contributed by atoms with Gasteiger partial charge in [-0.25, -0.2) is 0 Å². The maximum atomic E-state index is 14.9. The number of ketones is 1. The summed E-state index contributed by atoms with van der Waals surface area (Å²) in [7, 11) is -2.34. The number of benzene rings is 4. The Morgan fingerprint density at radius 2 is 1.38 bits per heavy atom. The van der Waals surface area contributed by atoms with Crippen LogP contribution in [-0.4, -0.2) is 13.9 Å². The highest BCUT2D eigenvalue weighted by atomic mass is 28.3. The van der Waals surface area contributed by atoms with Crippen LogP contribution < -0.4 is 10.4 Å². The molecule has 4 aromatic rings. The van der Waals surface area contributed by atoms with Gasteiger partial charge < -0.3 is 0 Å². The third-order valence-electron chi connectivity index (χ3n) is 11.7. The van der Waals surface area contributed by atoms with E-state index in [1.807, 2.05) is 0 Å². The van der Waals surface area contributed by atoms with Crippen LogP contribution in [0.3, 0.4) is 0 Å². The highest BCUT2D eigenvalue weighted by Crippen LogP contribution is 2.78. The first-order chi connectivity index (χ1) is 19.3. The predicted molar refractivity (Wildman–Crippen MR) is 170 cm³/mol. The van der Waals surface area contributed by atoms with Gasteiger partial charge in [-0.3, -0.25) is 4.79 Å². The molecule has 0 amide bonds. The molecule has 4 saturated carbocycles. The Morgan fingerprint density at radius 1 is 0.775 bits per heavy atom. The van der Waals surface area contributed by atoms with E-state index in [1.54, 1.807) is 0 Å². The van der Waals surface area contributed by atoms with Crippen LogP contribution in [0.5, 0.6) is 0 Å². The highest BCUT2D eigenvalue weighted by molar-refractivity contribution is 7.04. The molecule has 40 heavy (non-hydrogen) atoms. The molecule has 0 saturated heterocycles. The topological polar surface area (TPSA) is 17.1 Å². The minimum atomic E-state index is -2.34. The van der Waals surface area contributed by atoms with Gasteiger partial charge in [0.1, 0.15) is 8.07 Å². The van der Waals surface area contributed by atoms with E-state index in [0.717, 1.165) is 18.4 Å². The Kier molecular flexibility index (Phi) is 6.02. The normalized spacial score (nSPS) is 27.7. The van der Waals surface area contributed by atoms with Crippen LogP contribution in [0.25, 0.3) is 10.8 Å². The van der Waals surface area contributed by atoms with Gasteiger partial charge in [-0.2, -0.15) is 0 Å². The average molecular weight is 543 g/mol. The third kappa shape index (κ3) is 3.54. The van der Waals surface area contributed by atoms with Crippen molar-refractivity contribution in [1.29, 1.82) is 0 Å². The zero-order valence-electron chi connectivity index (χ0n) is 24.3. The van der Waals surface area contributed by atoms with E-state index < -0.39 is 8.07 Å². The molecule has 1 nitrogen and oxygen atoms in total. The second-order valence-corrected chi connectivity index (χ2v) is 19.0. The van der Waals surface area contributed by atoms with E-state index in [0.29, 0.717) is 17.6 Å². The molecule has 4 fully saturated rings. The molecule has 4 aromatic carbocycles. The smallest absolute Gasteiger partial charge is 0.169 e. The first-order valence-corrected chi connectivity index (χ1v) is 17.7. The lowest BCUT2D eigenvalue weighted by atomic mass is 9.55. The minimum absolute atomic E-state index is 0.0732. The van der Waals surface area contributed by atoms with Crippen molar-refractivity contribution in [3.05, 3.63) is 109 Å². The van der Waals surface area contributed by atoms with Crippen molar-refractivity contribution in [2.75, 3.05) is 0 Å². The van der Waals surface area contributed by atoms with Gasteiger partial charge in [0.05, 0.1) is 0 Å². The molecular formula is C38H42OSi. The molecule has 204 valence electrons. The molecule has 0 radical (unpaired) electrons. The maximum Gasteiger partial charge on any atom is 0.169 e. The molecule has 2 atom stereocenters. The van der Waals surface area contributed by atoms with Gasteiger partial charge in [-0.15, -0.1) is 0 Å². The zero-order valence-corrected chi connectivity index (χ0v) is 25.3. The molecule has 2 bridgehead atoms. The molecule has 0 spiro atoms. The van der Waals surface area contributed by atoms with Gasteiger partial charge >= 0.3 is 0 Å². The number of fused-ring (bicyclic) bond motifs is 1. The minimum Gasteiger partial charge on any atom is -0.294 e. The predicted octanol–water partition coefficient (Wildman–Crippen LogP) is 8.67. The highest BCUT2D eigenvalue weighted by Gasteiger charge is 2.75. The largest absolute Gasteiger partial charge is 0.294 e. The molecular weight excluding hydrogens is 501 g/mol. The van der Waals surface area contributed by atoms with Gasteiger partial charge in [-0.05, 0) is 70.9 Å². The average Bonchev–Trinajstić information content (AvgIpc) is 3.40. The summed E-state index contributed by atoms with van der Waals surface area (Å²) in [4.78, 5) is 14.9. The van der Waals surface area contributed by atoms with Gasteiger partial charge in [0, 0.05) is 11.0 Å². The molecule has 8 rings (SSSR count). The van der Waals surface area contributed by atoms with Crippen LogP contribution in [0.4, 0.5) is 0 Å². The lowest BCUT2D eigenvalue weighted by Crippen LogP contribution is -2.68. The lowest BCUT2D eigenvalue weighted by molar-refractivity contribution is 0.0223. The summed E-state index contributed by atoms with van der Waals surface area (Å²) in [5.41, 5.74) is 0.785. The molecule has 0 unspecified atom stereocenters. The summed E-state index contributed by atoms with van der Waals surface area (Å²) >= 11 is 0. The van der Waals surface area contributed by atoms with Gasteiger partial charge in [0.25, 0.3) is 0 Å². The van der Waals surface area contributed by atoms with Crippen molar-refractivity contribution in [1.82, 2.24) is 0 Å². The lowest BCUT2D eigenvalue weighted by Gasteiger charge is -2.56. The number of rotatable bonds is 6. The Hall–Kier alpha value is -2.97. The summed E-state index contributed by atoms with van der Waals surface area (Å²) in [5, 5.41) is 5.56. The van der Waals surface area contributed by atoms with Gasteiger partial charge in [0.15, 0.2) is 5.78 Å². The van der Waals surface area contributed by atoms with Crippen molar-refractivity contribution in [2.45, 2.75) is 70.4 Å². The molecule has 0 heterocycles. The molecule has 4 aliphatic carbocycles. The molecule has 0 aromatic heterocycles. The van der Waals surface area contributed by atoms with Gasteiger partial charge in [0.2, 0.25) is 0 Å². The van der Waals surface area contributed by atoms with Crippen molar-refractivity contribution >= 4 is 35.0 Å². The quantitative estimate of drug-likeness (QED) is 0.176. The van der Waals surface area contributed by atoms with E-state index in [9.17, 15) is 4.79 Å². The Morgan fingerprint density at radius 3 is 2.00 bits per heavy atom. The van der Waals surface area contributed by atoms with E-state index in [2.05, 4.69) is 124 Å². The maximum absolute atomic E-state index is 14.9. The Labute approximate surface area is 241 Å². The monoisotopic (exact) mass is 542 g/mol. The summed E-state index contributed by atoms with van der Waals surface area (Å²) < 4.78 is 0. The summed E-state index contributed by atoms with van der Waals surface area (Å²) in [6.45, 7) is 7.47.